The Kier molecular flexibility index (Phi) is 4.54. The maximum atomic E-state index is 5.44. The average molecular weight is 252 g/mol. The molecule has 0 radical (unpaired) electrons. The molecule has 2 rings (SSSR count). The minimum absolute atomic E-state index is 0.762. The summed E-state index contributed by atoms with van der Waals surface area (Å²) in [6.45, 7) is 2.72. The van der Waals surface area contributed by atoms with E-state index in [2.05, 4.69) is 34.3 Å². The van der Waals surface area contributed by atoms with Crippen molar-refractivity contribution >= 4 is 22.7 Å². The molecule has 0 aliphatic rings. The molecule has 86 valence electrons. The van der Waals surface area contributed by atoms with Crippen LogP contribution in [0.3, 0.4) is 0 Å². The third-order valence-corrected chi connectivity index (χ3v) is 4.17. The van der Waals surface area contributed by atoms with E-state index in [-0.39, 0.29) is 0 Å². The molecule has 3 N–H and O–H groups in total. The van der Waals surface area contributed by atoms with E-state index in [1.54, 1.807) is 11.3 Å². The second kappa shape index (κ2) is 6.15. The molecule has 2 nitrogen and oxygen atoms in total. The van der Waals surface area contributed by atoms with Crippen LogP contribution in [0.5, 0.6) is 0 Å². The van der Waals surface area contributed by atoms with E-state index in [0.717, 1.165) is 26.1 Å². The van der Waals surface area contributed by atoms with Gasteiger partial charge in [-0.05, 0) is 42.4 Å². The Morgan fingerprint density at radius 2 is 2.25 bits per heavy atom. The molecule has 0 saturated carbocycles. The number of rotatable bonds is 6. The topological polar surface area (TPSA) is 38.0 Å². The Labute approximate surface area is 104 Å². The lowest BCUT2D eigenvalue weighted by Crippen LogP contribution is -2.16. The molecule has 4 heteroatoms. The summed E-state index contributed by atoms with van der Waals surface area (Å²) in [5.74, 6) is 0. The van der Waals surface area contributed by atoms with E-state index in [4.69, 9.17) is 5.73 Å². The summed E-state index contributed by atoms with van der Waals surface area (Å²) in [7, 11) is 0. The van der Waals surface area contributed by atoms with Crippen LogP contribution < -0.4 is 11.1 Å². The highest BCUT2D eigenvalue weighted by Gasteiger charge is 2.02. The van der Waals surface area contributed by atoms with Crippen LogP contribution in [0.1, 0.15) is 11.3 Å². The maximum absolute atomic E-state index is 5.44. The Bertz CT molecular complexity index is 406. The third-order valence-electron chi connectivity index (χ3n) is 2.32. The lowest BCUT2D eigenvalue weighted by Gasteiger charge is -2.00. The van der Waals surface area contributed by atoms with E-state index in [9.17, 15) is 0 Å². The van der Waals surface area contributed by atoms with Gasteiger partial charge in [-0.25, -0.2) is 0 Å². The summed E-state index contributed by atoms with van der Waals surface area (Å²) in [4.78, 5) is 2.74. The van der Waals surface area contributed by atoms with Crippen molar-refractivity contribution in [3.05, 3.63) is 33.8 Å². The number of hydrogen-bond donors (Lipinski definition) is 2. The van der Waals surface area contributed by atoms with E-state index in [0.29, 0.717) is 0 Å². The fourth-order valence-corrected chi connectivity index (χ4v) is 3.13. The molecule has 0 saturated heterocycles. The van der Waals surface area contributed by atoms with Gasteiger partial charge in [-0.1, -0.05) is 6.07 Å². The fraction of sp³-hybridized carbons (Fsp3) is 0.333. The smallest absolute Gasteiger partial charge is 0.0351 e. The summed E-state index contributed by atoms with van der Waals surface area (Å²) >= 11 is 3.61. The molecule has 2 aromatic heterocycles. The molecular weight excluding hydrogens is 236 g/mol. The van der Waals surface area contributed by atoms with Crippen molar-refractivity contribution in [1.29, 1.82) is 0 Å². The maximum Gasteiger partial charge on any atom is 0.0351 e. The molecule has 0 bridgehead atoms. The summed E-state index contributed by atoms with van der Waals surface area (Å²) < 4.78 is 0. The molecule has 2 aromatic rings. The van der Waals surface area contributed by atoms with Gasteiger partial charge in [0.15, 0.2) is 0 Å². The van der Waals surface area contributed by atoms with Crippen molar-refractivity contribution in [3.63, 3.8) is 0 Å². The van der Waals surface area contributed by atoms with Gasteiger partial charge in [0.25, 0.3) is 0 Å². The summed E-state index contributed by atoms with van der Waals surface area (Å²) in [6, 6.07) is 6.53. The zero-order valence-electron chi connectivity index (χ0n) is 9.11. The van der Waals surface area contributed by atoms with Gasteiger partial charge in [0.1, 0.15) is 0 Å². The SMILES string of the molecule is NCCCNCc1cc(-c2cccs2)cs1. The highest BCUT2D eigenvalue weighted by atomic mass is 32.1. The number of nitrogens with two attached hydrogens (primary N) is 1. The van der Waals surface area contributed by atoms with Crippen LogP contribution in [-0.2, 0) is 6.54 Å². The van der Waals surface area contributed by atoms with Gasteiger partial charge in [0.05, 0.1) is 0 Å². The minimum atomic E-state index is 0.762. The molecule has 2 heterocycles. The Morgan fingerprint density at radius 3 is 3.00 bits per heavy atom. The Morgan fingerprint density at radius 1 is 1.31 bits per heavy atom. The van der Waals surface area contributed by atoms with Crippen LogP contribution in [0.2, 0.25) is 0 Å². The molecule has 0 amide bonds. The highest BCUT2D eigenvalue weighted by Crippen LogP contribution is 2.29. The molecule has 0 aliphatic carbocycles. The molecule has 0 aromatic carbocycles. The molecular formula is C12H16N2S2. The monoisotopic (exact) mass is 252 g/mol. The van der Waals surface area contributed by atoms with Crippen molar-refractivity contribution < 1.29 is 0 Å². The van der Waals surface area contributed by atoms with Gasteiger partial charge in [0, 0.05) is 21.9 Å². The lowest BCUT2D eigenvalue weighted by molar-refractivity contribution is 0.660. The normalized spacial score (nSPS) is 10.8. The molecule has 0 aliphatic heterocycles. The third kappa shape index (κ3) is 3.15. The fourth-order valence-electron chi connectivity index (χ4n) is 1.48. The van der Waals surface area contributed by atoms with Crippen molar-refractivity contribution in [2.45, 2.75) is 13.0 Å². The molecule has 16 heavy (non-hydrogen) atoms. The zero-order chi connectivity index (χ0) is 11.2. The van der Waals surface area contributed by atoms with Gasteiger partial charge in [-0.15, -0.1) is 22.7 Å². The van der Waals surface area contributed by atoms with E-state index >= 15 is 0 Å². The predicted molar refractivity (Wildman–Crippen MR) is 73.0 cm³/mol. The highest BCUT2D eigenvalue weighted by molar-refractivity contribution is 7.14. The van der Waals surface area contributed by atoms with Gasteiger partial charge >= 0.3 is 0 Å². The van der Waals surface area contributed by atoms with Gasteiger partial charge in [-0.2, -0.15) is 0 Å². The Hall–Kier alpha value is -0.680. The van der Waals surface area contributed by atoms with Crippen molar-refractivity contribution in [2.75, 3.05) is 13.1 Å². The summed E-state index contributed by atoms with van der Waals surface area (Å²) in [6.07, 6.45) is 1.04. The molecule has 0 atom stereocenters. The van der Waals surface area contributed by atoms with Gasteiger partial charge in [-0.3, -0.25) is 0 Å². The predicted octanol–water partition coefficient (Wildman–Crippen LogP) is 2.92. The van der Waals surface area contributed by atoms with Crippen LogP contribution >= 0.6 is 22.7 Å². The van der Waals surface area contributed by atoms with Crippen LogP contribution in [0, 0.1) is 0 Å². The molecule has 0 fully saturated rings. The average Bonchev–Trinajstić information content (AvgIpc) is 2.94. The number of nitrogens with one attached hydrogen (secondary N) is 1. The van der Waals surface area contributed by atoms with Crippen molar-refractivity contribution in [1.82, 2.24) is 5.32 Å². The van der Waals surface area contributed by atoms with Crippen LogP contribution in [0.4, 0.5) is 0 Å². The van der Waals surface area contributed by atoms with E-state index in [1.807, 2.05) is 11.3 Å². The van der Waals surface area contributed by atoms with E-state index in [1.165, 1.54) is 15.3 Å². The van der Waals surface area contributed by atoms with Gasteiger partial charge in [0.2, 0.25) is 0 Å². The lowest BCUT2D eigenvalue weighted by atomic mass is 10.2. The molecule has 0 unspecified atom stereocenters. The van der Waals surface area contributed by atoms with Crippen molar-refractivity contribution in [3.8, 4) is 10.4 Å². The van der Waals surface area contributed by atoms with Crippen molar-refractivity contribution in [2.24, 2.45) is 5.73 Å². The minimum Gasteiger partial charge on any atom is -0.330 e. The summed E-state index contributed by atoms with van der Waals surface area (Å²) in [5, 5.41) is 7.74. The second-order valence-electron chi connectivity index (χ2n) is 3.60. The zero-order valence-corrected chi connectivity index (χ0v) is 10.7. The first-order chi connectivity index (χ1) is 7.90. The largest absolute Gasteiger partial charge is 0.330 e. The number of hydrogen-bond acceptors (Lipinski definition) is 4. The standard InChI is InChI=1S/C12H16N2S2/c13-4-2-5-14-8-11-7-10(9-16-11)12-3-1-6-15-12/h1,3,6-7,9,14H,2,4-5,8,13H2. The van der Waals surface area contributed by atoms with Crippen LogP contribution in [-0.4, -0.2) is 13.1 Å². The second-order valence-corrected chi connectivity index (χ2v) is 5.54. The van der Waals surface area contributed by atoms with Gasteiger partial charge < -0.3 is 11.1 Å². The first kappa shape index (κ1) is 11.8. The molecule has 0 spiro atoms. The van der Waals surface area contributed by atoms with Crippen LogP contribution in [0.15, 0.2) is 29.0 Å². The number of thiophene rings is 2. The van der Waals surface area contributed by atoms with E-state index < -0.39 is 0 Å². The van der Waals surface area contributed by atoms with Crippen LogP contribution in [0.25, 0.3) is 10.4 Å². The summed E-state index contributed by atoms with van der Waals surface area (Å²) in [5.41, 5.74) is 6.78. The first-order valence-electron chi connectivity index (χ1n) is 5.42. The Balaban J connectivity index is 1.88. The quantitative estimate of drug-likeness (QED) is 0.776. The first-order valence-corrected chi connectivity index (χ1v) is 7.18.